The van der Waals surface area contributed by atoms with Crippen molar-refractivity contribution in [3.05, 3.63) is 95.7 Å². The molecule has 11 nitrogen and oxygen atoms in total. The van der Waals surface area contributed by atoms with Crippen molar-refractivity contribution in [1.82, 2.24) is 24.7 Å². The predicted molar refractivity (Wildman–Crippen MR) is 150 cm³/mol. The standard InChI is InChI=1S/C29H23F4N5O6S/c1-17-7-8-18(20(15-17)29(31,32)33)22-9-10-24(37-36-22)26(28(39)43-13-4-14-44-45(40,41)42)38-12-11-23-25(16-38)35-27(34-23)19-5-2-3-6-21(19)30/h2-3,5-12,15-16,26H,4,13-14H2,1H3,(H,40,41,42). The number of ether oxygens (including phenoxy) is 1. The first-order valence-electron chi connectivity index (χ1n) is 13.2. The van der Waals surface area contributed by atoms with Gasteiger partial charge in [0.25, 0.3) is 0 Å². The van der Waals surface area contributed by atoms with E-state index in [1.165, 1.54) is 72.4 Å². The Morgan fingerprint density at radius 1 is 0.956 bits per heavy atom. The summed E-state index contributed by atoms with van der Waals surface area (Å²) in [4.78, 5) is 22.1. The van der Waals surface area contributed by atoms with Gasteiger partial charge >= 0.3 is 22.5 Å². The third-order valence-electron chi connectivity index (χ3n) is 6.51. The lowest BCUT2D eigenvalue weighted by Gasteiger charge is -2.20. The van der Waals surface area contributed by atoms with Gasteiger partial charge in [-0.25, -0.2) is 23.3 Å². The molecule has 0 spiro atoms. The Kier molecular flexibility index (Phi) is 8.90. The Labute approximate surface area is 253 Å². The molecule has 16 heteroatoms. The van der Waals surface area contributed by atoms with Crippen LogP contribution in [0.3, 0.4) is 0 Å². The second-order valence-electron chi connectivity index (χ2n) is 9.75. The van der Waals surface area contributed by atoms with Crippen molar-refractivity contribution in [2.24, 2.45) is 0 Å². The Bertz CT molecular complexity index is 1920. The van der Waals surface area contributed by atoms with Crippen LogP contribution in [0.5, 0.6) is 0 Å². The van der Waals surface area contributed by atoms with E-state index in [2.05, 4.69) is 24.3 Å². The minimum atomic E-state index is -4.68. The summed E-state index contributed by atoms with van der Waals surface area (Å²) < 4.78 is 96.7. The van der Waals surface area contributed by atoms with Crippen molar-refractivity contribution in [3.63, 3.8) is 0 Å². The Balaban J connectivity index is 1.49. The van der Waals surface area contributed by atoms with Gasteiger partial charge in [-0.1, -0.05) is 29.8 Å². The highest BCUT2D eigenvalue weighted by atomic mass is 32.3. The number of rotatable bonds is 10. The number of aromatic nitrogens is 5. The summed E-state index contributed by atoms with van der Waals surface area (Å²) in [5.74, 6) is -1.30. The monoisotopic (exact) mass is 645 g/mol. The number of aryl methyl sites for hydroxylation is 1. The molecular formula is C29H23F4N5O6S. The molecule has 1 atom stereocenters. The summed E-state index contributed by atoms with van der Waals surface area (Å²) in [6, 6.07) is 12.5. The number of halogens is 4. The number of esters is 1. The van der Waals surface area contributed by atoms with Crippen LogP contribution in [0, 0.1) is 12.7 Å². The number of hydrogen-bond donors (Lipinski definition) is 1. The van der Waals surface area contributed by atoms with Gasteiger partial charge in [-0.3, -0.25) is 4.55 Å². The molecule has 2 aliphatic rings. The summed E-state index contributed by atoms with van der Waals surface area (Å²) in [6.07, 6.45) is -1.84. The number of hydrogen-bond acceptors (Lipinski definition) is 9. The molecule has 0 fully saturated rings. The van der Waals surface area contributed by atoms with Crippen LogP contribution in [0.25, 0.3) is 34.0 Å². The number of benzene rings is 2. The highest BCUT2D eigenvalue weighted by Crippen LogP contribution is 2.37. The lowest BCUT2D eigenvalue weighted by atomic mass is 10.0. The summed E-state index contributed by atoms with van der Waals surface area (Å²) in [5.41, 5.74) is 0.0581. The highest BCUT2D eigenvalue weighted by molar-refractivity contribution is 7.80. The van der Waals surface area contributed by atoms with Crippen LogP contribution in [0.4, 0.5) is 17.6 Å². The number of nitrogens with zero attached hydrogens (tertiary/aromatic N) is 5. The molecule has 1 unspecified atom stereocenters. The van der Waals surface area contributed by atoms with Crippen molar-refractivity contribution < 1.29 is 44.2 Å². The quantitative estimate of drug-likeness (QED) is 0.0917. The van der Waals surface area contributed by atoms with E-state index in [4.69, 9.17) is 9.29 Å². The number of carbonyl (C=O) groups is 1. The first-order chi connectivity index (χ1) is 21.3. The topological polar surface area (TPSA) is 146 Å². The SMILES string of the molecule is Cc1ccc(-c2ccc(C(C(=O)OCCCOS(=O)(=O)O)n3ccc4nc(-c5ccccc5F)nc-4c3)nn2)c(C(F)(F)F)c1. The second-order valence-corrected chi connectivity index (χ2v) is 10.8. The minimum absolute atomic E-state index is 0.00296. The van der Waals surface area contributed by atoms with Crippen molar-refractivity contribution in [3.8, 4) is 34.0 Å². The van der Waals surface area contributed by atoms with Crippen LogP contribution in [0.1, 0.15) is 29.3 Å². The minimum Gasteiger partial charge on any atom is -0.464 e. The van der Waals surface area contributed by atoms with E-state index in [0.29, 0.717) is 11.3 Å². The highest BCUT2D eigenvalue weighted by Gasteiger charge is 2.34. The normalized spacial score (nSPS) is 12.8. The van der Waals surface area contributed by atoms with Gasteiger partial charge in [-0.15, -0.1) is 0 Å². The molecule has 234 valence electrons. The van der Waals surface area contributed by atoms with Crippen LogP contribution in [-0.4, -0.2) is 56.9 Å². The maximum Gasteiger partial charge on any atom is 0.417 e. The first kappa shape index (κ1) is 31.6. The summed E-state index contributed by atoms with van der Waals surface area (Å²) >= 11 is 0. The van der Waals surface area contributed by atoms with E-state index >= 15 is 0 Å². The third kappa shape index (κ3) is 7.47. The number of pyridine rings is 1. The van der Waals surface area contributed by atoms with E-state index in [1.807, 2.05) is 0 Å². The maximum absolute atomic E-state index is 14.4. The zero-order valence-corrected chi connectivity index (χ0v) is 24.1. The molecule has 0 amide bonds. The molecule has 2 aliphatic heterocycles. The molecule has 2 aromatic carbocycles. The van der Waals surface area contributed by atoms with Crippen molar-refractivity contribution in [2.45, 2.75) is 25.6 Å². The van der Waals surface area contributed by atoms with Gasteiger partial charge < -0.3 is 9.30 Å². The Morgan fingerprint density at radius 3 is 2.40 bits per heavy atom. The van der Waals surface area contributed by atoms with E-state index in [0.717, 1.165) is 6.07 Å². The molecule has 0 saturated heterocycles. The van der Waals surface area contributed by atoms with Crippen molar-refractivity contribution >= 4 is 16.4 Å². The summed E-state index contributed by atoms with van der Waals surface area (Å²) in [5, 5.41) is 8.04. The van der Waals surface area contributed by atoms with Crippen molar-refractivity contribution in [1.29, 1.82) is 0 Å². The number of fused-ring (bicyclic) bond motifs is 1. The van der Waals surface area contributed by atoms with Gasteiger partial charge in [0, 0.05) is 24.4 Å². The molecule has 1 aromatic heterocycles. The molecule has 0 radical (unpaired) electrons. The average molecular weight is 646 g/mol. The van der Waals surface area contributed by atoms with Gasteiger partial charge in [-0.2, -0.15) is 31.8 Å². The molecule has 3 heterocycles. The zero-order chi connectivity index (χ0) is 32.4. The summed E-state index contributed by atoms with van der Waals surface area (Å²) in [7, 11) is -4.68. The maximum atomic E-state index is 14.4. The van der Waals surface area contributed by atoms with Crippen LogP contribution < -0.4 is 0 Å². The molecule has 5 rings (SSSR count). The van der Waals surface area contributed by atoms with Gasteiger partial charge in [0.1, 0.15) is 11.5 Å². The second kappa shape index (κ2) is 12.7. The fraction of sp³-hybridized carbons (Fsp3) is 0.207. The first-order valence-corrected chi connectivity index (χ1v) is 14.6. The third-order valence-corrected chi connectivity index (χ3v) is 6.98. The lowest BCUT2D eigenvalue weighted by Crippen LogP contribution is -2.25. The van der Waals surface area contributed by atoms with E-state index in [-0.39, 0.29) is 47.1 Å². The molecule has 45 heavy (non-hydrogen) atoms. The van der Waals surface area contributed by atoms with Crippen LogP contribution in [-0.2, 0) is 30.3 Å². The van der Waals surface area contributed by atoms with Gasteiger partial charge in [-0.05, 0) is 43.3 Å². The van der Waals surface area contributed by atoms with Crippen molar-refractivity contribution in [2.75, 3.05) is 13.2 Å². The molecule has 3 aromatic rings. The van der Waals surface area contributed by atoms with E-state index < -0.39 is 46.6 Å². The molecular weight excluding hydrogens is 622 g/mol. The predicted octanol–water partition coefficient (Wildman–Crippen LogP) is 5.32. The fourth-order valence-electron chi connectivity index (χ4n) is 4.47. The average Bonchev–Trinajstić information content (AvgIpc) is 3.40. The molecule has 1 N–H and O–H groups in total. The zero-order valence-electron chi connectivity index (χ0n) is 23.3. The molecule has 0 bridgehead atoms. The Morgan fingerprint density at radius 2 is 1.71 bits per heavy atom. The molecule has 0 saturated carbocycles. The van der Waals surface area contributed by atoms with Gasteiger partial charge in [0.2, 0.25) is 0 Å². The van der Waals surface area contributed by atoms with Gasteiger partial charge in [0.05, 0.1) is 41.4 Å². The summed E-state index contributed by atoms with van der Waals surface area (Å²) in [6.45, 7) is 0.749. The van der Waals surface area contributed by atoms with Crippen LogP contribution >= 0.6 is 0 Å². The molecule has 0 aliphatic carbocycles. The number of carbonyl (C=O) groups excluding carboxylic acids is 1. The smallest absolute Gasteiger partial charge is 0.417 e. The Hall–Kier alpha value is -4.80. The van der Waals surface area contributed by atoms with Crippen LogP contribution in [0.2, 0.25) is 0 Å². The fourth-order valence-corrected chi connectivity index (χ4v) is 4.80. The van der Waals surface area contributed by atoms with Gasteiger partial charge in [0.15, 0.2) is 11.9 Å². The van der Waals surface area contributed by atoms with Crippen LogP contribution in [0.15, 0.2) is 73.1 Å². The largest absolute Gasteiger partial charge is 0.464 e. The van der Waals surface area contributed by atoms with E-state index in [9.17, 15) is 30.8 Å². The van der Waals surface area contributed by atoms with E-state index in [1.54, 1.807) is 6.07 Å². The number of alkyl halides is 3. The lowest BCUT2D eigenvalue weighted by molar-refractivity contribution is -0.146. The number of imidazole rings is 1.